The van der Waals surface area contributed by atoms with E-state index < -0.39 is 18.2 Å². The molecule has 57 heavy (non-hydrogen) atoms. The molecule has 0 saturated heterocycles. The maximum Gasteiger partial charge on any atom is 0.306 e. The van der Waals surface area contributed by atoms with Crippen LogP contribution < -0.4 is 5.32 Å². The van der Waals surface area contributed by atoms with Crippen LogP contribution in [0.2, 0.25) is 0 Å². The summed E-state index contributed by atoms with van der Waals surface area (Å²) in [4.78, 5) is 26.0. The number of carbonyl (C=O) groups excluding carboxylic acids is 2. The smallest absolute Gasteiger partial charge is 0.306 e. The van der Waals surface area contributed by atoms with Crippen molar-refractivity contribution in [3.05, 3.63) is 72.9 Å². The van der Waals surface area contributed by atoms with Gasteiger partial charge in [0.2, 0.25) is 5.91 Å². The molecule has 0 radical (unpaired) electrons. The number of amides is 1. The number of aliphatic hydroxyl groups is 2. The number of carbonyl (C=O) groups is 2. The van der Waals surface area contributed by atoms with E-state index in [0.29, 0.717) is 19.3 Å². The van der Waals surface area contributed by atoms with Crippen molar-refractivity contribution in [1.29, 1.82) is 0 Å². The molecule has 0 aliphatic carbocycles. The van der Waals surface area contributed by atoms with Gasteiger partial charge in [-0.3, -0.25) is 9.59 Å². The number of rotatable bonds is 41. The van der Waals surface area contributed by atoms with Gasteiger partial charge in [-0.25, -0.2) is 0 Å². The highest BCUT2D eigenvalue weighted by Gasteiger charge is 2.24. The Balaban J connectivity index is 4.73. The van der Waals surface area contributed by atoms with Gasteiger partial charge in [0.25, 0.3) is 0 Å². The minimum atomic E-state index is -0.802. The molecule has 0 saturated carbocycles. The van der Waals surface area contributed by atoms with Crippen LogP contribution in [-0.4, -0.2) is 46.9 Å². The van der Waals surface area contributed by atoms with Gasteiger partial charge >= 0.3 is 5.97 Å². The fourth-order valence-electron chi connectivity index (χ4n) is 6.68. The number of hydrogen-bond donors (Lipinski definition) is 3. The number of ether oxygens (including phenoxy) is 1. The summed E-state index contributed by atoms with van der Waals surface area (Å²) < 4.78 is 5.88. The van der Waals surface area contributed by atoms with Crippen molar-refractivity contribution in [2.75, 3.05) is 6.61 Å². The maximum atomic E-state index is 13.1. The fourth-order valence-corrected chi connectivity index (χ4v) is 6.68. The summed E-state index contributed by atoms with van der Waals surface area (Å²) in [5.41, 5.74) is 0. The van der Waals surface area contributed by atoms with Crippen LogP contribution in [0.4, 0.5) is 0 Å². The molecule has 1 amide bonds. The summed E-state index contributed by atoms with van der Waals surface area (Å²) >= 11 is 0. The SMILES string of the molecule is CC/C=C/C/C=C/C/C=C/CCCCCCC(=O)OC(CCCC/C=C\C/C=C\C/C=C\CCCCC)CC(=O)NC(CO)C(O)CCCCCCCCCCC. The zero-order chi connectivity index (χ0) is 41.7. The fraction of sp³-hybridized carbons (Fsp3) is 0.725. The van der Waals surface area contributed by atoms with E-state index in [2.05, 4.69) is 99.0 Å². The predicted octanol–water partition coefficient (Wildman–Crippen LogP) is 13.8. The van der Waals surface area contributed by atoms with Crippen LogP contribution in [0.1, 0.15) is 213 Å². The normalized spacial score (nSPS) is 14.0. The van der Waals surface area contributed by atoms with Gasteiger partial charge in [0.15, 0.2) is 0 Å². The molecule has 3 unspecified atom stereocenters. The van der Waals surface area contributed by atoms with E-state index in [-0.39, 0.29) is 24.9 Å². The van der Waals surface area contributed by atoms with Crippen LogP contribution in [-0.2, 0) is 14.3 Å². The molecule has 328 valence electrons. The van der Waals surface area contributed by atoms with Crippen molar-refractivity contribution < 1.29 is 24.5 Å². The summed E-state index contributed by atoms with van der Waals surface area (Å²) in [6.07, 6.45) is 55.3. The van der Waals surface area contributed by atoms with Gasteiger partial charge in [-0.05, 0) is 96.3 Å². The molecule has 0 aromatic rings. The Morgan fingerprint density at radius 3 is 1.49 bits per heavy atom. The Morgan fingerprint density at radius 2 is 0.947 bits per heavy atom. The van der Waals surface area contributed by atoms with Crippen molar-refractivity contribution in [3.63, 3.8) is 0 Å². The van der Waals surface area contributed by atoms with Crippen LogP contribution in [0.3, 0.4) is 0 Å². The summed E-state index contributed by atoms with van der Waals surface area (Å²) in [5, 5.41) is 23.6. The Bertz CT molecular complexity index is 1070. The van der Waals surface area contributed by atoms with Crippen LogP contribution in [0, 0.1) is 0 Å². The quantitative estimate of drug-likeness (QED) is 0.0325. The second-order valence-corrected chi connectivity index (χ2v) is 15.8. The van der Waals surface area contributed by atoms with E-state index in [1.54, 1.807) is 0 Å². The molecule has 0 aromatic carbocycles. The lowest BCUT2D eigenvalue weighted by Gasteiger charge is -2.24. The zero-order valence-electron chi connectivity index (χ0n) is 37.2. The highest BCUT2D eigenvalue weighted by Crippen LogP contribution is 2.16. The molecule has 0 aromatic heterocycles. The molecule has 0 fully saturated rings. The first-order valence-electron chi connectivity index (χ1n) is 23.7. The molecule has 0 aliphatic rings. The summed E-state index contributed by atoms with van der Waals surface area (Å²) in [5.74, 6) is -0.544. The van der Waals surface area contributed by atoms with Gasteiger partial charge in [-0.2, -0.15) is 0 Å². The Morgan fingerprint density at radius 1 is 0.526 bits per heavy atom. The lowest BCUT2D eigenvalue weighted by atomic mass is 10.0. The first-order chi connectivity index (χ1) is 28.0. The van der Waals surface area contributed by atoms with E-state index >= 15 is 0 Å². The average Bonchev–Trinajstić information content (AvgIpc) is 3.20. The van der Waals surface area contributed by atoms with Gasteiger partial charge in [0.1, 0.15) is 6.10 Å². The van der Waals surface area contributed by atoms with Crippen LogP contribution in [0.25, 0.3) is 0 Å². The van der Waals surface area contributed by atoms with Gasteiger partial charge in [0.05, 0.1) is 25.2 Å². The van der Waals surface area contributed by atoms with E-state index in [9.17, 15) is 19.8 Å². The van der Waals surface area contributed by atoms with Crippen LogP contribution in [0.15, 0.2) is 72.9 Å². The van der Waals surface area contributed by atoms with Crippen molar-refractivity contribution in [2.45, 2.75) is 232 Å². The first kappa shape index (κ1) is 54.3. The third-order valence-electron chi connectivity index (χ3n) is 10.3. The van der Waals surface area contributed by atoms with E-state index in [1.165, 1.54) is 64.2 Å². The molecule has 3 N–H and O–H groups in total. The van der Waals surface area contributed by atoms with E-state index in [1.807, 2.05) is 0 Å². The Labute approximate surface area is 351 Å². The molecule has 0 aliphatic heterocycles. The van der Waals surface area contributed by atoms with Crippen molar-refractivity contribution in [3.8, 4) is 0 Å². The highest BCUT2D eigenvalue weighted by atomic mass is 16.5. The zero-order valence-corrected chi connectivity index (χ0v) is 37.2. The number of allylic oxidation sites excluding steroid dienone is 12. The Hall–Kier alpha value is -2.70. The Kier molecular flexibility index (Phi) is 42.3. The molecule has 0 rings (SSSR count). The molecule has 0 bridgehead atoms. The van der Waals surface area contributed by atoms with Crippen molar-refractivity contribution >= 4 is 11.9 Å². The van der Waals surface area contributed by atoms with Crippen LogP contribution >= 0.6 is 0 Å². The highest BCUT2D eigenvalue weighted by molar-refractivity contribution is 5.77. The van der Waals surface area contributed by atoms with Crippen LogP contribution in [0.5, 0.6) is 0 Å². The molecule has 0 spiro atoms. The molecule has 6 heteroatoms. The van der Waals surface area contributed by atoms with Gasteiger partial charge in [0, 0.05) is 6.42 Å². The standard InChI is InChI=1S/C51H89NO5/c1-4-7-10-13-16-19-21-23-25-26-28-31-33-36-39-42-47(57-51(56)44-41-38-35-32-29-27-24-22-20-17-14-11-8-5-2)45-50(55)52-48(46-53)49(54)43-40-37-34-30-18-15-12-9-6-3/h8,11,16-17,19-20,23-25,27-28,31,47-49,53-54H,4-7,9-10,12-15,18,21-22,26,29-30,32-46H2,1-3H3,(H,52,55)/b11-8+,19-16-,20-17+,25-23-,27-24+,31-28-. The average molecular weight is 796 g/mol. The summed E-state index contributed by atoms with van der Waals surface area (Å²) in [6.45, 7) is 6.29. The monoisotopic (exact) mass is 796 g/mol. The number of hydrogen-bond acceptors (Lipinski definition) is 5. The maximum absolute atomic E-state index is 13.1. The predicted molar refractivity (Wildman–Crippen MR) is 245 cm³/mol. The number of aliphatic hydroxyl groups excluding tert-OH is 2. The second kappa shape index (κ2) is 44.4. The minimum absolute atomic E-state index is 0.0393. The molecular weight excluding hydrogens is 707 g/mol. The lowest BCUT2D eigenvalue weighted by molar-refractivity contribution is -0.151. The van der Waals surface area contributed by atoms with Crippen molar-refractivity contribution in [2.24, 2.45) is 0 Å². The number of esters is 1. The minimum Gasteiger partial charge on any atom is -0.462 e. The largest absolute Gasteiger partial charge is 0.462 e. The molecular formula is C51H89NO5. The number of nitrogens with one attached hydrogen (secondary N) is 1. The third kappa shape index (κ3) is 39.9. The lowest BCUT2D eigenvalue weighted by Crippen LogP contribution is -2.46. The molecule has 6 nitrogen and oxygen atoms in total. The van der Waals surface area contributed by atoms with Gasteiger partial charge < -0.3 is 20.3 Å². The second-order valence-electron chi connectivity index (χ2n) is 15.8. The van der Waals surface area contributed by atoms with Crippen molar-refractivity contribution in [1.82, 2.24) is 5.32 Å². The summed E-state index contributed by atoms with van der Waals surface area (Å²) in [6, 6.07) is -0.719. The third-order valence-corrected chi connectivity index (χ3v) is 10.3. The van der Waals surface area contributed by atoms with Gasteiger partial charge in [-0.15, -0.1) is 0 Å². The van der Waals surface area contributed by atoms with E-state index in [4.69, 9.17) is 4.74 Å². The first-order valence-corrected chi connectivity index (χ1v) is 23.7. The number of unbranched alkanes of at least 4 members (excludes halogenated alkanes) is 17. The van der Waals surface area contributed by atoms with Gasteiger partial charge in [-0.1, -0.05) is 177 Å². The molecule has 0 heterocycles. The van der Waals surface area contributed by atoms with E-state index in [0.717, 1.165) is 103 Å². The summed E-state index contributed by atoms with van der Waals surface area (Å²) in [7, 11) is 0. The molecule has 3 atom stereocenters. The topological polar surface area (TPSA) is 95.9 Å².